The standard InChI is InChI=1S/C8H12N2O2/c1-5-7(12-10-8(5)11)6-3-2-4-9-6/h6,9H,2-4H2,1H3,(H,10,11)/t6-/m0/s1. The van der Waals surface area contributed by atoms with Gasteiger partial charge in [-0.2, -0.15) is 5.16 Å². The summed E-state index contributed by atoms with van der Waals surface area (Å²) in [7, 11) is 0. The second-order valence-electron chi connectivity index (χ2n) is 3.17. The van der Waals surface area contributed by atoms with Gasteiger partial charge in [0.15, 0.2) is 5.76 Å². The van der Waals surface area contributed by atoms with Crippen LogP contribution in [-0.4, -0.2) is 11.7 Å². The minimum Gasteiger partial charge on any atom is -0.382 e. The predicted molar refractivity (Wildman–Crippen MR) is 44.0 cm³/mol. The average Bonchev–Trinajstić information content (AvgIpc) is 2.64. The maximum Gasteiger partial charge on any atom is 0.283 e. The van der Waals surface area contributed by atoms with E-state index in [-0.39, 0.29) is 11.6 Å². The highest BCUT2D eigenvalue weighted by atomic mass is 16.5. The lowest BCUT2D eigenvalue weighted by Gasteiger charge is -2.04. The molecule has 2 N–H and O–H groups in total. The van der Waals surface area contributed by atoms with E-state index in [4.69, 9.17) is 4.52 Å². The van der Waals surface area contributed by atoms with Gasteiger partial charge in [-0.3, -0.25) is 4.79 Å². The third-order valence-corrected chi connectivity index (χ3v) is 2.34. The van der Waals surface area contributed by atoms with Crippen molar-refractivity contribution >= 4 is 0 Å². The van der Waals surface area contributed by atoms with Gasteiger partial charge in [-0.15, -0.1) is 0 Å². The second-order valence-corrected chi connectivity index (χ2v) is 3.17. The largest absolute Gasteiger partial charge is 0.382 e. The van der Waals surface area contributed by atoms with Crippen LogP contribution in [0.4, 0.5) is 0 Å². The molecule has 2 heterocycles. The Kier molecular flexibility index (Phi) is 1.77. The van der Waals surface area contributed by atoms with Crippen molar-refractivity contribution in [2.45, 2.75) is 25.8 Å². The molecule has 1 fully saturated rings. The van der Waals surface area contributed by atoms with Crippen LogP contribution >= 0.6 is 0 Å². The van der Waals surface area contributed by atoms with Crippen LogP contribution in [0.15, 0.2) is 9.32 Å². The zero-order valence-corrected chi connectivity index (χ0v) is 7.02. The van der Waals surface area contributed by atoms with Gasteiger partial charge in [-0.25, -0.2) is 0 Å². The summed E-state index contributed by atoms with van der Waals surface area (Å²) in [6, 6.07) is 0.240. The first kappa shape index (κ1) is 7.61. The van der Waals surface area contributed by atoms with E-state index in [2.05, 4.69) is 10.5 Å². The van der Waals surface area contributed by atoms with Crippen LogP contribution in [0.25, 0.3) is 0 Å². The summed E-state index contributed by atoms with van der Waals surface area (Å²) in [5.41, 5.74) is 0.591. The SMILES string of the molecule is Cc1c([C@@H]2CCCN2)o[nH]c1=O. The van der Waals surface area contributed by atoms with Crippen molar-refractivity contribution in [3.63, 3.8) is 0 Å². The highest BCUT2D eigenvalue weighted by Gasteiger charge is 2.22. The average molecular weight is 168 g/mol. The molecule has 1 aliphatic rings. The Hall–Kier alpha value is -1.03. The molecule has 0 aromatic carbocycles. The Morgan fingerprint density at radius 2 is 2.42 bits per heavy atom. The molecule has 1 aromatic heterocycles. The Balaban J connectivity index is 2.32. The molecule has 1 aromatic rings. The van der Waals surface area contributed by atoms with E-state index in [0.29, 0.717) is 5.56 Å². The lowest BCUT2D eigenvalue weighted by atomic mass is 10.1. The minimum atomic E-state index is -0.112. The highest BCUT2D eigenvalue weighted by molar-refractivity contribution is 5.15. The number of rotatable bonds is 1. The molecule has 1 saturated heterocycles. The summed E-state index contributed by atoms with van der Waals surface area (Å²) in [6.07, 6.45) is 2.21. The fraction of sp³-hybridized carbons (Fsp3) is 0.625. The molecule has 4 heteroatoms. The molecular weight excluding hydrogens is 156 g/mol. The first-order chi connectivity index (χ1) is 5.79. The number of H-pyrrole nitrogens is 1. The fourth-order valence-corrected chi connectivity index (χ4v) is 1.61. The summed E-state index contributed by atoms with van der Waals surface area (Å²) in [4.78, 5) is 11.0. The van der Waals surface area contributed by atoms with Gasteiger partial charge in [-0.1, -0.05) is 0 Å². The number of aromatic nitrogens is 1. The number of nitrogens with one attached hydrogen (secondary N) is 2. The molecule has 1 aliphatic heterocycles. The fourth-order valence-electron chi connectivity index (χ4n) is 1.61. The molecule has 66 valence electrons. The van der Waals surface area contributed by atoms with Crippen LogP contribution in [0, 0.1) is 6.92 Å². The maximum absolute atomic E-state index is 11.0. The van der Waals surface area contributed by atoms with E-state index in [0.717, 1.165) is 25.1 Å². The molecule has 0 unspecified atom stereocenters. The van der Waals surface area contributed by atoms with E-state index in [1.807, 2.05) is 0 Å². The number of hydrogen-bond acceptors (Lipinski definition) is 3. The van der Waals surface area contributed by atoms with Crippen LogP contribution < -0.4 is 10.9 Å². The van der Waals surface area contributed by atoms with Crippen molar-refractivity contribution in [1.29, 1.82) is 0 Å². The summed E-state index contributed by atoms with van der Waals surface area (Å²) in [6.45, 7) is 2.80. The molecule has 2 rings (SSSR count). The maximum atomic E-state index is 11.0. The van der Waals surface area contributed by atoms with Crippen molar-refractivity contribution in [3.8, 4) is 0 Å². The molecule has 0 amide bonds. The molecule has 0 aliphatic carbocycles. The van der Waals surface area contributed by atoms with Crippen LogP contribution in [-0.2, 0) is 0 Å². The molecule has 12 heavy (non-hydrogen) atoms. The van der Waals surface area contributed by atoms with Crippen LogP contribution in [0.3, 0.4) is 0 Å². The smallest absolute Gasteiger partial charge is 0.283 e. The van der Waals surface area contributed by atoms with Crippen LogP contribution in [0.5, 0.6) is 0 Å². The Labute approximate surface area is 69.9 Å². The zero-order chi connectivity index (χ0) is 8.55. The summed E-state index contributed by atoms with van der Waals surface area (Å²) in [5, 5.41) is 5.62. The Bertz CT molecular complexity index is 320. The van der Waals surface area contributed by atoms with E-state index in [1.54, 1.807) is 6.92 Å². The van der Waals surface area contributed by atoms with Crippen molar-refractivity contribution in [2.75, 3.05) is 6.54 Å². The summed E-state index contributed by atoms with van der Waals surface area (Å²) < 4.78 is 5.08. The van der Waals surface area contributed by atoms with Crippen LogP contribution in [0.2, 0.25) is 0 Å². The van der Waals surface area contributed by atoms with Crippen molar-refractivity contribution in [2.24, 2.45) is 0 Å². The molecular formula is C8H12N2O2. The Morgan fingerprint density at radius 1 is 1.58 bits per heavy atom. The van der Waals surface area contributed by atoms with Gasteiger partial charge in [0.1, 0.15) is 0 Å². The lowest BCUT2D eigenvalue weighted by Crippen LogP contribution is -2.14. The molecule has 0 bridgehead atoms. The molecule has 1 atom stereocenters. The van der Waals surface area contributed by atoms with Gasteiger partial charge < -0.3 is 9.84 Å². The van der Waals surface area contributed by atoms with E-state index >= 15 is 0 Å². The Morgan fingerprint density at radius 3 is 2.92 bits per heavy atom. The minimum absolute atomic E-state index is 0.112. The van der Waals surface area contributed by atoms with Crippen molar-refractivity contribution < 1.29 is 4.52 Å². The van der Waals surface area contributed by atoms with Gasteiger partial charge in [0.25, 0.3) is 5.56 Å². The normalized spacial score (nSPS) is 23.2. The highest BCUT2D eigenvalue weighted by Crippen LogP contribution is 2.23. The van der Waals surface area contributed by atoms with Crippen LogP contribution in [0.1, 0.15) is 30.2 Å². The molecule has 0 saturated carbocycles. The third kappa shape index (κ3) is 1.08. The van der Waals surface area contributed by atoms with Gasteiger partial charge in [0, 0.05) is 0 Å². The van der Waals surface area contributed by atoms with Gasteiger partial charge in [0.05, 0.1) is 11.6 Å². The topological polar surface area (TPSA) is 58.0 Å². The molecule has 4 nitrogen and oxygen atoms in total. The second kappa shape index (κ2) is 2.79. The van der Waals surface area contributed by atoms with Gasteiger partial charge in [-0.05, 0) is 26.3 Å². The molecule has 0 radical (unpaired) electrons. The van der Waals surface area contributed by atoms with E-state index < -0.39 is 0 Å². The first-order valence-electron chi connectivity index (χ1n) is 4.20. The first-order valence-corrected chi connectivity index (χ1v) is 4.20. The number of aromatic amines is 1. The summed E-state index contributed by atoms with van der Waals surface area (Å²) >= 11 is 0. The predicted octanol–water partition coefficient (Wildman–Crippen LogP) is 0.701. The quantitative estimate of drug-likeness (QED) is 0.649. The van der Waals surface area contributed by atoms with Gasteiger partial charge >= 0.3 is 0 Å². The van der Waals surface area contributed by atoms with E-state index in [1.165, 1.54) is 0 Å². The van der Waals surface area contributed by atoms with Gasteiger partial charge in [0.2, 0.25) is 0 Å². The van der Waals surface area contributed by atoms with E-state index in [9.17, 15) is 4.79 Å². The zero-order valence-electron chi connectivity index (χ0n) is 7.02. The third-order valence-electron chi connectivity index (χ3n) is 2.34. The summed E-state index contributed by atoms with van der Waals surface area (Å²) in [5.74, 6) is 0.775. The number of hydrogen-bond donors (Lipinski definition) is 2. The van der Waals surface area contributed by atoms with Crippen molar-refractivity contribution in [1.82, 2.24) is 10.5 Å². The van der Waals surface area contributed by atoms with Crippen molar-refractivity contribution in [3.05, 3.63) is 21.7 Å². The lowest BCUT2D eigenvalue weighted by molar-refractivity contribution is 0.347. The monoisotopic (exact) mass is 168 g/mol. The molecule has 0 spiro atoms.